The summed E-state index contributed by atoms with van der Waals surface area (Å²) in [6, 6.07) is 9.92. The second-order valence-corrected chi connectivity index (χ2v) is 7.03. The van der Waals surface area contributed by atoms with Crippen molar-refractivity contribution in [3.8, 4) is 0 Å². The van der Waals surface area contributed by atoms with Crippen LogP contribution in [0.25, 0.3) is 0 Å². The van der Waals surface area contributed by atoms with Crippen LogP contribution in [0, 0.1) is 12.7 Å². The van der Waals surface area contributed by atoms with Gasteiger partial charge >= 0.3 is 5.97 Å². The van der Waals surface area contributed by atoms with Crippen LogP contribution in [0.15, 0.2) is 47.4 Å². The molecule has 7 nitrogen and oxygen atoms in total. The molecule has 0 bridgehead atoms. The fourth-order valence-electron chi connectivity index (χ4n) is 2.18. The average molecular weight is 380 g/mol. The molecular weight excluding hydrogens is 363 g/mol. The largest absolute Gasteiger partial charge is 0.455 e. The average Bonchev–Trinajstić information content (AvgIpc) is 2.56. The van der Waals surface area contributed by atoms with Crippen LogP contribution in [-0.2, 0) is 30.8 Å². The number of rotatable bonds is 6. The minimum atomic E-state index is -3.93. The van der Waals surface area contributed by atoms with Crippen molar-refractivity contribution in [2.45, 2.75) is 18.2 Å². The summed E-state index contributed by atoms with van der Waals surface area (Å²) in [5, 5.41) is 7.50. The molecule has 0 aliphatic heterocycles. The van der Waals surface area contributed by atoms with E-state index in [-0.39, 0.29) is 22.6 Å². The lowest BCUT2D eigenvalue weighted by molar-refractivity contribution is -0.146. The standard InChI is InChI=1S/C17H17FN2O5S/c1-11-6-7-13(9-15(11)26(19,23)24)20-16(21)10-25-17(22)8-12-4-2-3-5-14(12)18/h2-7,9H,8,10H2,1H3,(H,20,21)(H2,19,23,24). The van der Waals surface area contributed by atoms with Crippen LogP contribution in [0.4, 0.5) is 10.1 Å². The highest BCUT2D eigenvalue weighted by Gasteiger charge is 2.14. The molecule has 0 heterocycles. The molecule has 0 aliphatic carbocycles. The summed E-state index contributed by atoms with van der Waals surface area (Å²) in [6.45, 7) is 0.974. The number of aryl methyl sites for hydroxylation is 1. The van der Waals surface area contributed by atoms with Gasteiger partial charge in [0.25, 0.3) is 5.91 Å². The van der Waals surface area contributed by atoms with Gasteiger partial charge in [-0.1, -0.05) is 24.3 Å². The van der Waals surface area contributed by atoms with E-state index in [1.807, 2.05) is 0 Å². The smallest absolute Gasteiger partial charge is 0.310 e. The monoisotopic (exact) mass is 380 g/mol. The lowest BCUT2D eigenvalue weighted by Crippen LogP contribution is -2.22. The van der Waals surface area contributed by atoms with Crippen molar-refractivity contribution in [3.63, 3.8) is 0 Å². The second kappa shape index (κ2) is 8.07. The fourth-order valence-corrected chi connectivity index (χ4v) is 2.98. The van der Waals surface area contributed by atoms with Gasteiger partial charge in [0.05, 0.1) is 11.3 Å². The van der Waals surface area contributed by atoms with E-state index in [9.17, 15) is 22.4 Å². The molecule has 0 saturated heterocycles. The topological polar surface area (TPSA) is 116 Å². The molecule has 2 aromatic carbocycles. The Hall–Kier alpha value is -2.78. The maximum Gasteiger partial charge on any atom is 0.310 e. The zero-order chi connectivity index (χ0) is 19.3. The van der Waals surface area contributed by atoms with Crippen molar-refractivity contribution in [3.05, 3.63) is 59.4 Å². The van der Waals surface area contributed by atoms with Crippen LogP contribution in [0.5, 0.6) is 0 Å². The van der Waals surface area contributed by atoms with Crippen LogP contribution < -0.4 is 10.5 Å². The lowest BCUT2D eigenvalue weighted by Gasteiger charge is -2.09. The zero-order valence-electron chi connectivity index (χ0n) is 13.9. The third-order valence-corrected chi connectivity index (χ3v) is 4.49. The maximum absolute atomic E-state index is 13.5. The fraction of sp³-hybridized carbons (Fsp3) is 0.176. The Balaban J connectivity index is 1.93. The summed E-state index contributed by atoms with van der Waals surface area (Å²) < 4.78 is 41.2. The van der Waals surface area contributed by atoms with Gasteiger partial charge in [0.15, 0.2) is 6.61 Å². The van der Waals surface area contributed by atoms with E-state index in [4.69, 9.17) is 9.88 Å². The number of halogens is 1. The molecule has 0 saturated carbocycles. The minimum absolute atomic E-state index is 0.119. The first-order valence-corrected chi connectivity index (χ1v) is 9.04. The molecule has 0 aliphatic rings. The molecule has 2 aromatic rings. The van der Waals surface area contributed by atoms with Gasteiger partial charge in [0, 0.05) is 5.69 Å². The van der Waals surface area contributed by atoms with Gasteiger partial charge < -0.3 is 10.1 Å². The molecule has 0 aromatic heterocycles. The molecule has 0 fully saturated rings. The van der Waals surface area contributed by atoms with Crippen molar-refractivity contribution in [2.24, 2.45) is 5.14 Å². The molecule has 9 heteroatoms. The van der Waals surface area contributed by atoms with Gasteiger partial charge in [-0.15, -0.1) is 0 Å². The molecule has 138 valence electrons. The highest BCUT2D eigenvalue weighted by molar-refractivity contribution is 7.89. The molecule has 1 amide bonds. The highest BCUT2D eigenvalue weighted by atomic mass is 32.2. The van der Waals surface area contributed by atoms with Gasteiger partial charge in [-0.3, -0.25) is 9.59 Å². The van der Waals surface area contributed by atoms with E-state index < -0.39 is 34.3 Å². The molecular formula is C17H17FN2O5S. The third kappa shape index (κ3) is 5.36. The Kier molecular flexibility index (Phi) is 6.06. The molecule has 26 heavy (non-hydrogen) atoms. The molecule has 0 radical (unpaired) electrons. The number of anilines is 1. The second-order valence-electron chi connectivity index (χ2n) is 5.50. The van der Waals surface area contributed by atoms with Crippen LogP contribution in [0.1, 0.15) is 11.1 Å². The maximum atomic E-state index is 13.5. The first-order chi connectivity index (χ1) is 12.2. The number of nitrogens with two attached hydrogens (primary N) is 1. The Morgan fingerprint density at radius 3 is 2.54 bits per heavy atom. The minimum Gasteiger partial charge on any atom is -0.455 e. The quantitative estimate of drug-likeness (QED) is 0.737. The number of amides is 1. The van der Waals surface area contributed by atoms with Gasteiger partial charge in [0.2, 0.25) is 10.0 Å². The predicted molar refractivity (Wildman–Crippen MR) is 92.2 cm³/mol. The number of carbonyl (C=O) groups is 2. The Labute approximate surface area is 150 Å². The van der Waals surface area contributed by atoms with Gasteiger partial charge in [-0.05, 0) is 36.2 Å². The SMILES string of the molecule is Cc1ccc(NC(=O)COC(=O)Cc2ccccc2F)cc1S(N)(=O)=O. The van der Waals surface area contributed by atoms with E-state index in [1.54, 1.807) is 13.0 Å². The number of carbonyl (C=O) groups excluding carboxylic acids is 2. The summed E-state index contributed by atoms with van der Waals surface area (Å²) in [5.74, 6) is -1.97. The summed E-state index contributed by atoms with van der Waals surface area (Å²) in [5.41, 5.74) is 0.783. The number of ether oxygens (including phenoxy) is 1. The van der Waals surface area contributed by atoms with Crippen molar-refractivity contribution < 1.29 is 27.1 Å². The van der Waals surface area contributed by atoms with Gasteiger partial charge in [0.1, 0.15) is 5.82 Å². The number of nitrogens with one attached hydrogen (secondary N) is 1. The molecule has 0 atom stereocenters. The van der Waals surface area contributed by atoms with E-state index in [2.05, 4.69) is 5.32 Å². The highest BCUT2D eigenvalue weighted by Crippen LogP contribution is 2.19. The molecule has 2 rings (SSSR count). The van der Waals surface area contributed by atoms with Crippen LogP contribution in [0.2, 0.25) is 0 Å². The molecule has 3 N–H and O–H groups in total. The summed E-state index contributed by atoms with van der Waals surface area (Å²) in [6.07, 6.45) is -0.306. The van der Waals surface area contributed by atoms with Crippen LogP contribution >= 0.6 is 0 Å². The van der Waals surface area contributed by atoms with Gasteiger partial charge in [-0.25, -0.2) is 17.9 Å². The number of hydrogen-bond donors (Lipinski definition) is 2. The summed E-state index contributed by atoms with van der Waals surface area (Å²) in [7, 11) is -3.93. The summed E-state index contributed by atoms with van der Waals surface area (Å²) >= 11 is 0. The Morgan fingerprint density at radius 2 is 1.88 bits per heavy atom. The van der Waals surface area contributed by atoms with E-state index >= 15 is 0 Å². The zero-order valence-corrected chi connectivity index (χ0v) is 14.7. The van der Waals surface area contributed by atoms with E-state index in [1.165, 1.54) is 36.4 Å². The summed E-state index contributed by atoms with van der Waals surface area (Å²) in [4.78, 5) is 23.4. The number of primary sulfonamides is 1. The Morgan fingerprint density at radius 1 is 1.19 bits per heavy atom. The van der Waals surface area contributed by atoms with E-state index in [0.717, 1.165) is 0 Å². The predicted octanol–water partition coefficient (Wildman–Crippen LogP) is 1.51. The van der Waals surface area contributed by atoms with Crippen molar-refractivity contribution in [1.29, 1.82) is 0 Å². The first-order valence-electron chi connectivity index (χ1n) is 7.49. The Bertz CT molecular complexity index is 944. The number of benzene rings is 2. The normalized spacial score (nSPS) is 11.0. The lowest BCUT2D eigenvalue weighted by atomic mass is 10.1. The number of sulfonamides is 1. The molecule has 0 spiro atoms. The first kappa shape index (κ1) is 19.5. The van der Waals surface area contributed by atoms with Crippen molar-refractivity contribution in [1.82, 2.24) is 0 Å². The van der Waals surface area contributed by atoms with Crippen LogP contribution in [0.3, 0.4) is 0 Å². The number of esters is 1. The van der Waals surface area contributed by atoms with Gasteiger partial charge in [-0.2, -0.15) is 0 Å². The van der Waals surface area contributed by atoms with Crippen molar-refractivity contribution in [2.75, 3.05) is 11.9 Å². The number of hydrogen-bond acceptors (Lipinski definition) is 5. The van der Waals surface area contributed by atoms with E-state index in [0.29, 0.717) is 5.56 Å². The van der Waals surface area contributed by atoms with Crippen molar-refractivity contribution >= 4 is 27.6 Å². The third-order valence-electron chi connectivity index (χ3n) is 3.44. The van der Waals surface area contributed by atoms with Crippen LogP contribution in [-0.4, -0.2) is 26.9 Å². The molecule has 0 unspecified atom stereocenters.